The van der Waals surface area contributed by atoms with Crippen molar-refractivity contribution in [2.24, 2.45) is 5.92 Å². The first kappa shape index (κ1) is 11.4. The Hall–Kier alpha value is -1.09. The second kappa shape index (κ2) is 5.30. The van der Waals surface area contributed by atoms with Gasteiger partial charge in [0.15, 0.2) is 0 Å². The second-order valence-corrected chi connectivity index (χ2v) is 4.64. The van der Waals surface area contributed by atoms with Crippen molar-refractivity contribution in [2.75, 3.05) is 0 Å². The highest BCUT2D eigenvalue weighted by Gasteiger charge is 2.28. The SMILES string of the molecule is C=CC[C@@H]1CCC[C@H]1On1ccccc1=S. The average Bonchev–Trinajstić information content (AvgIpc) is 2.70. The maximum Gasteiger partial charge on any atom is 0.142 e. The molecular weight excluding hydrogens is 218 g/mol. The van der Waals surface area contributed by atoms with E-state index >= 15 is 0 Å². The minimum Gasteiger partial charge on any atom is -0.410 e. The van der Waals surface area contributed by atoms with Gasteiger partial charge in [-0.15, -0.1) is 6.58 Å². The zero-order chi connectivity index (χ0) is 11.4. The molecule has 0 radical (unpaired) electrons. The normalized spacial score (nSPS) is 24.2. The summed E-state index contributed by atoms with van der Waals surface area (Å²) in [7, 11) is 0. The van der Waals surface area contributed by atoms with Gasteiger partial charge in [-0.2, -0.15) is 4.73 Å². The summed E-state index contributed by atoms with van der Waals surface area (Å²) in [6.07, 6.45) is 8.77. The van der Waals surface area contributed by atoms with Crippen LogP contribution in [0.1, 0.15) is 25.7 Å². The highest BCUT2D eigenvalue weighted by molar-refractivity contribution is 7.71. The molecule has 0 unspecified atom stereocenters. The van der Waals surface area contributed by atoms with E-state index in [1.165, 1.54) is 12.8 Å². The molecule has 1 fully saturated rings. The van der Waals surface area contributed by atoms with Gasteiger partial charge in [0.25, 0.3) is 0 Å². The van der Waals surface area contributed by atoms with Gasteiger partial charge in [-0.05, 0) is 37.8 Å². The molecule has 1 aromatic heterocycles. The number of hydrogen-bond donors (Lipinski definition) is 0. The maximum atomic E-state index is 5.94. The molecule has 1 aliphatic carbocycles. The molecule has 1 heterocycles. The summed E-state index contributed by atoms with van der Waals surface area (Å²) in [6, 6.07) is 5.75. The molecule has 0 aliphatic heterocycles. The predicted octanol–water partition coefficient (Wildman–Crippen LogP) is 3.39. The van der Waals surface area contributed by atoms with Gasteiger partial charge in [-0.3, -0.25) is 0 Å². The van der Waals surface area contributed by atoms with E-state index in [9.17, 15) is 0 Å². The van der Waals surface area contributed by atoms with E-state index in [1.54, 1.807) is 4.73 Å². The molecule has 0 aromatic carbocycles. The van der Waals surface area contributed by atoms with Crippen LogP contribution in [0.5, 0.6) is 0 Å². The van der Waals surface area contributed by atoms with E-state index in [0.29, 0.717) is 5.92 Å². The number of rotatable bonds is 4. The lowest BCUT2D eigenvalue weighted by atomic mass is 10.0. The van der Waals surface area contributed by atoms with Gasteiger partial charge in [-0.25, -0.2) is 0 Å². The predicted molar refractivity (Wildman–Crippen MR) is 67.8 cm³/mol. The van der Waals surface area contributed by atoms with Gasteiger partial charge in [-0.1, -0.05) is 24.4 Å². The van der Waals surface area contributed by atoms with Crippen molar-refractivity contribution in [3.8, 4) is 0 Å². The van der Waals surface area contributed by atoms with Gasteiger partial charge in [0.2, 0.25) is 0 Å². The summed E-state index contributed by atoms with van der Waals surface area (Å²) in [5.41, 5.74) is 0. The monoisotopic (exact) mass is 235 g/mol. The van der Waals surface area contributed by atoms with E-state index in [1.807, 2.05) is 30.5 Å². The van der Waals surface area contributed by atoms with E-state index in [-0.39, 0.29) is 6.10 Å². The minimum absolute atomic E-state index is 0.284. The molecular formula is C13H17NOS. The second-order valence-electron chi connectivity index (χ2n) is 4.22. The van der Waals surface area contributed by atoms with Crippen LogP contribution in [0, 0.1) is 10.6 Å². The Morgan fingerprint density at radius 1 is 1.50 bits per heavy atom. The highest BCUT2D eigenvalue weighted by atomic mass is 32.1. The van der Waals surface area contributed by atoms with Crippen LogP contribution in [0.2, 0.25) is 0 Å². The lowest BCUT2D eigenvalue weighted by Gasteiger charge is -2.20. The van der Waals surface area contributed by atoms with Crippen molar-refractivity contribution in [3.05, 3.63) is 41.7 Å². The first-order chi connectivity index (χ1) is 7.81. The van der Waals surface area contributed by atoms with Crippen LogP contribution in [-0.4, -0.2) is 10.8 Å². The molecule has 0 amide bonds. The smallest absolute Gasteiger partial charge is 0.142 e. The largest absolute Gasteiger partial charge is 0.410 e. The summed E-state index contributed by atoms with van der Waals surface area (Å²) in [5, 5.41) is 0. The topological polar surface area (TPSA) is 14.2 Å². The number of aromatic nitrogens is 1. The molecule has 1 aliphatic rings. The van der Waals surface area contributed by atoms with Crippen molar-refractivity contribution in [3.63, 3.8) is 0 Å². The molecule has 0 bridgehead atoms. The summed E-state index contributed by atoms with van der Waals surface area (Å²) < 4.78 is 2.44. The molecule has 2 rings (SSSR count). The molecule has 0 N–H and O–H groups in total. The Kier molecular flexibility index (Phi) is 3.78. The molecule has 2 atom stereocenters. The number of pyridine rings is 1. The van der Waals surface area contributed by atoms with E-state index < -0.39 is 0 Å². The van der Waals surface area contributed by atoms with Crippen LogP contribution >= 0.6 is 12.2 Å². The van der Waals surface area contributed by atoms with Crippen molar-refractivity contribution < 1.29 is 4.84 Å². The highest BCUT2D eigenvalue weighted by Crippen LogP contribution is 2.29. The Morgan fingerprint density at radius 2 is 2.38 bits per heavy atom. The average molecular weight is 235 g/mol. The van der Waals surface area contributed by atoms with Crippen molar-refractivity contribution >= 4 is 12.2 Å². The quantitative estimate of drug-likeness (QED) is 0.586. The van der Waals surface area contributed by atoms with Crippen LogP contribution in [0.3, 0.4) is 0 Å². The Balaban J connectivity index is 2.06. The molecule has 86 valence electrons. The lowest BCUT2D eigenvalue weighted by molar-refractivity contribution is 0.0117. The fraction of sp³-hybridized carbons (Fsp3) is 0.462. The van der Waals surface area contributed by atoms with Crippen molar-refractivity contribution in [2.45, 2.75) is 31.8 Å². The zero-order valence-electron chi connectivity index (χ0n) is 9.34. The summed E-state index contributed by atoms with van der Waals surface area (Å²) >= 11 is 5.21. The van der Waals surface area contributed by atoms with E-state index in [2.05, 4.69) is 6.58 Å². The van der Waals surface area contributed by atoms with Gasteiger partial charge in [0, 0.05) is 12.1 Å². The minimum atomic E-state index is 0.284. The number of nitrogens with zero attached hydrogens (tertiary/aromatic N) is 1. The first-order valence-electron chi connectivity index (χ1n) is 5.77. The standard InChI is InChI=1S/C13H17NOS/c1-2-6-11-7-5-8-12(11)15-14-10-4-3-9-13(14)16/h2-4,9-12H,1,5-8H2/t11-,12-/m1/s1. The Labute approximate surface area is 102 Å². The van der Waals surface area contributed by atoms with Crippen molar-refractivity contribution in [1.29, 1.82) is 0 Å². The number of hydrogen-bond acceptors (Lipinski definition) is 2. The summed E-state index contributed by atoms with van der Waals surface area (Å²) in [4.78, 5) is 5.94. The fourth-order valence-electron chi connectivity index (χ4n) is 2.27. The van der Waals surface area contributed by atoms with Crippen LogP contribution < -0.4 is 4.84 Å². The van der Waals surface area contributed by atoms with Crippen LogP contribution in [0.15, 0.2) is 37.1 Å². The molecule has 1 saturated carbocycles. The molecule has 1 aromatic rings. The first-order valence-corrected chi connectivity index (χ1v) is 6.18. The zero-order valence-corrected chi connectivity index (χ0v) is 10.2. The fourth-order valence-corrected chi connectivity index (χ4v) is 2.45. The van der Waals surface area contributed by atoms with E-state index in [4.69, 9.17) is 17.1 Å². The third-order valence-electron chi connectivity index (χ3n) is 3.10. The molecule has 16 heavy (non-hydrogen) atoms. The van der Waals surface area contributed by atoms with Gasteiger partial charge in [0.05, 0.1) is 0 Å². The number of allylic oxidation sites excluding steroid dienone is 1. The maximum absolute atomic E-state index is 5.94. The van der Waals surface area contributed by atoms with E-state index in [0.717, 1.165) is 17.5 Å². The van der Waals surface area contributed by atoms with Gasteiger partial charge in [0.1, 0.15) is 10.7 Å². The Bertz CT molecular complexity index is 412. The summed E-state index contributed by atoms with van der Waals surface area (Å²) in [6.45, 7) is 3.80. The third-order valence-corrected chi connectivity index (χ3v) is 3.41. The van der Waals surface area contributed by atoms with Crippen LogP contribution in [0.25, 0.3) is 0 Å². The summed E-state index contributed by atoms with van der Waals surface area (Å²) in [5.74, 6) is 0.597. The van der Waals surface area contributed by atoms with Crippen LogP contribution in [0.4, 0.5) is 0 Å². The molecule has 0 saturated heterocycles. The third kappa shape index (κ3) is 2.53. The molecule has 0 spiro atoms. The van der Waals surface area contributed by atoms with Crippen LogP contribution in [-0.2, 0) is 0 Å². The Morgan fingerprint density at radius 3 is 3.12 bits per heavy atom. The lowest BCUT2D eigenvalue weighted by Crippen LogP contribution is -2.28. The molecule has 2 nitrogen and oxygen atoms in total. The van der Waals surface area contributed by atoms with Gasteiger partial charge >= 0.3 is 0 Å². The molecule has 3 heteroatoms. The van der Waals surface area contributed by atoms with Crippen molar-refractivity contribution in [1.82, 2.24) is 4.73 Å². The van der Waals surface area contributed by atoms with Gasteiger partial charge < -0.3 is 4.84 Å².